The fourth-order valence-corrected chi connectivity index (χ4v) is 2.02. The molecule has 0 fully saturated rings. The Bertz CT molecular complexity index is 678. The molecule has 0 saturated carbocycles. The van der Waals surface area contributed by atoms with Gasteiger partial charge in [0.1, 0.15) is 5.52 Å². The van der Waals surface area contributed by atoms with Gasteiger partial charge in [0.05, 0.1) is 0 Å². The predicted octanol–water partition coefficient (Wildman–Crippen LogP) is 2.77. The number of aryl methyl sites for hydroxylation is 1. The molecular weight excluding hydrogens is 282 g/mol. The van der Waals surface area contributed by atoms with Crippen LogP contribution >= 0.6 is 0 Å². The van der Waals surface area contributed by atoms with Crippen LogP contribution in [0.5, 0.6) is 0 Å². The second kappa shape index (κ2) is 7.06. The van der Waals surface area contributed by atoms with Crippen LogP contribution in [-0.2, 0) is 9.59 Å². The minimum absolute atomic E-state index is 0.105. The van der Waals surface area contributed by atoms with Gasteiger partial charge in [0.15, 0.2) is 11.5 Å². The number of rotatable bonds is 6. The predicted molar refractivity (Wildman–Crippen MR) is 84.5 cm³/mol. The summed E-state index contributed by atoms with van der Waals surface area (Å²) in [6, 6.07) is 5.40. The van der Waals surface area contributed by atoms with E-state index in [0.29, 0.717) is 22.7 Å². The van der Waals surface area contributed by atoms with Gasteiger partial charge in [-0.05, 0) is 31.5 Å². The van der Waals surface area contributed by atoms with E-state index in [1.807, 2.05) is 13.8 Å². The molecule has 0 aliphatic rings. The zero-order valence-corrected chi connectivity index (χ0v) is 13.1. The maximum absolute atomic E-state index is 11.9. The molecule has 6 heteroatoms. The maximum Gasteiger partial charge on any atom is 0.224 e. The number of carbonyl (C=O) groups excluding carboxylic acids is 2. The molecule has 0 bridgehead atoms. The number of fused-ring (bicyclic) bond motifs is 1. The average Bonchev–Trinajstić information content (AvgIpc) is 2.84. The van der Waals surface area contributed by atoms with Crippen LogP contribution in [0, 0.1) is 6.92 Å². The summed E-state index contributed by atoms with van der Waals surface area (Å²) >= 11 is 0. The first kappa shape index (κ1) is 16.0. The molecule has 0 unspecified atom stereocenters. The lowest BCUT2D eigenvalue weighted by atomic mass is 10.2. The van der Waals surface area contributed by atoms with Crippen LogP contribution in [0.1, 0.15) is 39.0 Å². The molecule has 1 aromatic carbocycles. The highest BCUT2D eigenvalue weighted by atomic mass is 16.3. The fourth-order valence-electron chi connectivity index (χ4n) is 2.02. The van der Waals surface area contributed by atoms with Crippen LogP contribution in [0.25, 0.3) is 11.1 Å². The van der Waals surface area contributed by atoms with Gasteiger partial charge < -0.3 is 15.1 Å². The number of aromatic nitrogens is 1. The number of hydrogen-bond acceptors (Lipinski definition) is 4. The highest BCUT2D eigenvalue weighted by Gasteiger charge is 2.10. The monoisotopic (exact) mass is 303 g/mol. The highest BCUT2D eigenvalue weighted by Crippen LogP contribution is 2.19. The second-order valence-corrected chi connectivity index (χ2v) is 5.34. The largest absolute Gasteiger partial charge is 0.441 e. The normalized spacial score (nSPS) is 12.1. The smallest absolute Gasteiger partial charge is 0.224 e. The van der Waals surface area contributed by atoms with Gasteiger partial charge in [0.2, 0.25) is 11.8 Å². The number of benzene rings is 1. The summed E-state index contributed by atoms with van der Waals surface area (Å²) in [6.45, 7) is 5.71. The Hall–Kier alpha value is -2.37. The van der Waals surface area contributed by atoms with E-state index in [1.54, 1.807) is 25.1 Å². The van der Waals surface area contributed by atoms with Crippen LogP contribution < -0.4 is 10.6 Å². The molecule has 0 aliphatic carbocycles. The maximum atomic E-state index is 11.9. The summed E-state index contributed by atoms with van der Waals surface area (Å²) in [5, 5.41) is 5.60. The van der Waals surface area contributed by atoms with Gasteiger partial charge >= 0.3 is 0 Å². The van der Waals surface area contributed by atoms with Crippen molar-refractivity contribution in [1.29, 1.82) is 0 Å². The van der Waals surface area contributed by atoms with Crippen molar-refractivity contribution in [3.8, 4) is 0 Å². The van der Waals surface area contributed by atoms with Crippen molar-refractivity contribution in [3.05, 3.63) is 24.1 Å². The lowest BCUT2D eigenvalue weighted by Gasteiger charge is -2.11. The van der Waals surface area contributed by atoms with E-state index in [2.05, 4.69) is 15.6 Å². The molecule has 22 heavy (non-hydrogen) atoms. The van der Waals surface area contributed by atoms with Crippen molar-refractivity contribution >= 4 is 28.6 Å². The summed E-state index contributed by atoms with van der Waals surface area (Å²) in [5.41, 5.74) is 2.03. The lowest BCUT2D eigenvalue weighted by molar-refractivity contribution is -0.124. The standard InChI is InChI=1S/C16H21N3O3/c1-4-10(2)17-15(20)7-8-16(21)19-12-5-6-14-13(9-12)18-11(3)22-14/h5-6,9-10H,4,7-8H2,1-3H3,(H,17,20)(H,19,21)/t10-/m1/s1. The molecule has 0 aliphatic heterocycles. The molecule has 2 aromatic rings. The number of carbonyl (C=O) groups is 2. The quantitative estimate of drug-likeness (QED) is 0.859. The van der Waals surface area contributed by atoms with Crippen LogP contribution in [0.15, 0.2) is 22.6 Å². The number of amides is 2. The number of nitrogens with one attached hydrogen (secondary N) is 2. The number of anilines is 1. The highest BCUT2D eigenvalue weighted by molar-refractivity contribution is 5.94. The van der Waals surface area contributed by atoms with Gasteiger partial charge in [-0.3, -0.25) is 9.59 Å². The van der Waals surface area contributed by atoms with Crippen molar-refractivity contribution in [3.63, 3.8) is 0 Å². The Kier molecular flexibility index (Phi) is 5.14. The van der Waals surface area contributed by atoms with Gasteiger partial charge in [-0.25, -0.2) is 4.98 Å². The minimum Gasteiger partial charge on any atom is -0.441 e. The molecule has 2 amide bonds. The lowest BCUT2D eigenvalue weighted by Crippen LogP contribution is -2.32. The van der Waals surface area contributed by atoms with Crippen molar-refractivity contribution < 1.29 is 14.0 Å². The molecule has 1 heterocycles. The zero-order valence-electron chi connectivity index (χ0n) is 13.1. The number of hydrogen-bond donors (Lipinski definition) is 2. The molecule has 0 radical (unpaired) electrons. The zero-order chi connectivity index (χ0) is 16.1. The average molecular weight is 303 g/mol. The first-order valence-corrected chi connectivity index (χ1v) is 7.44. The third-order valence-electron chi connectivity index (χ3n) is 3.38. The van der Waals surface area contributed by atoms with Crippen molar-refractivity contribution in [1.82, 2.24) is 10.3 Å². The van der Waals surface area contributed by atoms with Crippen molar-refractivity contribution in [2.24, 2.45) is 0 Å². The summed E-state index contributed by atoms with van der Waals surface area (Å²) in [7, 11) is 0. The topological polar surface area (TPSA) is 84.2 Å². The molecular formula is C16H21N3O3. The first-order valence-electron chi connectivity index (χ1n) is 7.44. The molecule has 2 N–H and O–H groups in total. The molecule has 0 saturated heterocycles. The van der Waals surface area contributed by atoms with Gasteiger partial charge in [0.25, 0.3) is 0 Å². The minimum atomic E-state index is -0.195. The Morgan fingerprint density at radius 2 is 2.00 bits per heavy atom. The molecule has 0 spiro atoms. The van der Waals surface area contributed by atoms with E-state index in [-0.39, 0.29) is 30.7 Å². The van der Waals surface area contributed by atoms with Crippen LogP contribution in [0.4, 0.5) is 5.69 Å². The van der Waals surface area contributed by atoms with E-state index in [1.165, 1.54) is 0 Å². The third kappa shape index (κ3) is 4.31. The summed E-state index contributed by atoms with van der Waals surface area (Å²) < 4.78 is 5.38. The summed E-state index contributed by atoms with van der Waals surface area (Å²) in [5.74, 6) is 0.283. The Morgan fingerprint density at radius 3 is 2.73 bits per heavy atom. The van der Waals surface area contributed by atoms with Gasteiger partial charge in [-0.1, -0.05) is 6.92 Å². The van der Waals surface area contributed by atoms with Gasteiger partial charge in [-0.2, -0.15) is 0 Å². The molecule has 2 rings (SSSR count). The van der Waals surface area contributed by atoms with Gasteiger partial charge in [0, 0.05) is 31.5 Å². The van der Waals surface area contributed by atoms with E-state index >= 15 is 0 Å². The Morgan fingerprint density at radius 1 is 1.27 bits per heavy atom. The molecule has 6 nitrogen and oxygen atoms in total. The fraction of sp³-hybridized carbons (Fsp3) is 0.438. The first-order chi connectivity index (χ1) is 10.5. The van der Waals surface area contributed by atoms with Crippen molar-refractivity contribution in [2.75, 3.05) is 5.32 Å². The van der Waals surface area contributed by atoms with Crippen LogP contribution in [0.2, 0.25) is 0 Å². The van der Waals surface area contributed by atoms with Crippen molar-refractivity contribution in [2.45, 2.75) is 46.1 Å². The number of oxazole rings is 1. The molecule has 118 valence electrons. The third-order valence-corrected chi connectivity index (χ3v) is 3.38. The SMILES string of the molecule is CC[C@@H](C)NC(=O)CCC(=O)Nc1ccc2oc(C)nc2c1. The van der Waals surface area contributed by atoms with E-state index in [4.69, 9.17) is 4.42 Å². The van der Waals surface area contributed by atoms with E-state index in [0.717, 1.165) is 6.42 Å². The summed E-state index contributed by atoms with van der Waals surface area (Å²) in [6.07, 6.45) is 1.20. The molecule has 1 aromatic heterocycles. The second-order valence-electron chi connectivity index (χ2n) is 5.34. The van der Waals surface area contributed by atoms with Gasteiger partial charge in [-0.15, -0.1) is 0 Å². The van der Waals surface area contributed by atoms with E-state index in [9.17, 15) is 9.59 Å². The molecule has 1 atom stereocenters. The van der Waals surface area contributed by atoms with Crippen LogP contribution in [0.3, 0.4) is 0 Å². The van der Waals surface area contributed by atoms with E-state index < -0.39 is 0 Å². The summed E-state index contributed by atoms with van der Waals surface area (Å²) in [4.78, 5) is 27.7. The Labute approximate surface area is 129 Å². The van der Waals surface area contributed by atoms with Crippen LogP contribution in [-0.4, -0.2) is 22.8 Å². The Balaban J connectivity index is 1.86. The number of nitrogens with zero attached hydrogens (tertiary/aromatic N) is 1.